The third kappa shape index (κ3) is 10.6. The van der Waals surface area contributed by atoms with E-state index in [9.17, 15) is 14.7 Å². The third-order valence-corrected chi connectivity index (χ3v) is 10.6. The molecule has 0 spiro atoms. The van der Waals surface area contributed by atoms with Crippen LogP contribution in [0.5, 0.6) is 5.75 Å². The number of carbonyl (C=O) groups is 2. The highest BCUT2D eigenvalue weighted by molar-refractivity contribution is 5.89. The first-order valence-corrected chi connectivity index (χ1v) is 19.1. The van der Waals surface area contributed by atoms with Crippen LogP contribution in [0.1, 0.15) is 68.9 Å². The van der Waals surface area contributed by atoms with Gasteiger partial charge in [-0.25, -0.2) is 0 Å². The lowest BCUT2D eigenvalue weighted by Gasteiger charge is -2.40. The molecule has 2 amide bonds. The van der Waals surface area contributed by atoms with Crippen molar-refractivity contribution in [2.45, 2.75) is 88.8 Å². The molecule has 270 valence electrons. The summed E-state index contributed by atoms with van der Waals surface area (Å²) in [7, 11) is 0. The Balaban J connectivity index is 0.985. The van der Waals surface area contributed by atoms with Crippen molar-refractivity contribution in [3.05, 3.63) is 108 Å². The van der Waals surface area contributed by atoms with Crippen LogP contribution < -0.4 is 10.1 Å². The number of hydrogen-bond donors (Lipinski definition) is 2. The van der Waals surface area contributed by atoms with Crippen molar-refractivity contribution in [1.29, 1.82) is 0 Å². The number of aryl methyl sites for hydroxylation is 2. The monoisotopic (exact) mass is 690 g/mol. The number of benzene rings is 3. The number of piperidine rings is 2. The van der Waals surface area contributed by atoms with E-state index in [2.05, 4.69) is 63.7 Å². The molecule has 0 bridgehead atoms. The second-order valence-corrected chi connectivity index (χ2v) is 14.4. The minimum Gasteiger partial charge on any atom is -0.490 e. The molecule has 2 aliphatic heterocycles. The summed E-state index contributed by atoms with van der Waals surface area (Å²) in [5.41, 5.74) is 3.51. The van der Waals surface area contributed by atoms with Crippen LogP contribution in [-0.4, -0.2) is 82.7 Å². The lowest BCUT2D eigenvalue weighted by atomic mass is 9.92. The topological polar surface area (TPSA) is 95.0 Å². The molecule has 0 aliphatic carbocycles. The predicted molar refractivity (Wildman–Crippen MR) is 202 cm³/mol. The molecule has 4 aromatic rings. The molecule has 0 radical (unpaired) electrons. The summed E-state index contributed by atoms with van der Waals surface area (Å²) >= 11 is 0. The maximum Gasteiger partial charge on any atom is 0.243 e. The first-order valence-electron chi connectivity index (χ1n) is 19.1. The van der Waals surface area contributed by atoms with Crippen LogP contribution in [0.25, 0.3) is 10.9 Å². The van der Waals surface area contributed by atoms with Gasteiger partial charge in [-0.1, -0.05) is 66.7 Å². The van der Waals surface area contributed by atoms with Crippen molar-refractivity contribution in [1.82, 2.24) is 20.1 Å². The fourth-order valence-corrected chi connectivity index (χ4v) is 7.78. The smallest absolute Gasteiger partial charge is 0.243 e. The number of aromatic nitrogens is 1. The molecule has 2 fully saturated rings. The lowest BCUT2D eigenvalue weighted by molar-refractivity contribution is -0.147. The molecule has 2 saturated heterocycles. The number of nitrogens with zero attached hydrogens (tertiary/aromatic N) is 3. The number of aliphatic hydroxyl groups excluding tert-OH is 1. The Morgan fingerprint density at radius 3 is 2.18 bits per heavy atom. The van der Waals surface area contributed by atoms with E-state index in [1.54, 1.807) is 6.20 Å². The summed E-state index contributed by atoms with van der Waals surface area (Å²) in [5.74, 6) is 0.746. The van der Waals surface area contributed by atoms with Gasteiger partial charge in [-0.15, -0.1) is 0 Å². The number of fused-ring (bicyclic) bond motifs is 1. The normalized spacial score (nSPS) is 17.8. The van der Waals surface area contributed by atoms with E-state index < -0.39 is 12.1 Å². The second kappa shape index (κ2) is 18.8. The second-order valence-electron chi connectivity index (χ2n) is 14.4. The number of pyridine rings is 1. The standard InChI is InChI=1S/C43H54N4O4/c48-37(32-51-41-24-11-22-39-38(41)21-12-27-44-39)31-46-29-25-35(26-30-46)43(50)47-28-8-7-23-40(47)42(49)45-36(19-9-17-33-13-3-1-4-14-33)20-10-18-34-15-5-2-6-16-34/h1-6,11-16,21-22,24,27,35-37,40,48H,7-10,17-20,23,25-26,28-32H2,(H,45,49). The van der Waals surface area contributed by atoms with E-state index in [1.165, 1.54) is 11.1 Å². The SMILES string of the molecule is O=C(NC(CCCc1ccccc1)CCCc1ccccc1)C1CCCCN1C(=O)C1CCN(CC(O)COc2cccc3ncccc23)CC1. The van der Waals surface area contributed by atoms with Crippen LogP contribution >= 0.6 is 0 Å². The largest absolute Gasteiger partial charge is 0.490 e. The zero-order valence-electron chi connectivity index (χ0n) is 29.9. The minimum absolute atomic E-state index is 0.00927. The summed E-state index contributed by atoms with van der Waals surface area (Å²) in [5, 5.41) is 15.2. The highest BCUT2D eigenvalue weighted by Gasteiger charge is 2.37. The molecule has 6 rings (SSSR count). The van der Waals surface area contributed by atoms with Crippen LogP contribution in [0.3, 0.4) is 0 Å². The summed E-state index contributed by atoms with van der Waals surface area (Å²) in [6, 6.07) is 30.4. The fourth-order valence-electron chi connectivity index (χ4n) is 7.78. The fraction of sp³-hybridized carbons (Fsp3) is 0.465. The van der Waals surface area contributed by atoms with Gasteiger partial charge in [-0.2, -0.15) is 0 Å². The number of ether oxygens (including phenoxy) is 1. The molecule has 2 N–H and O–H groups in total. The number of hydrogen-bond acceptors (Lipinski definition) is 6. The van der Waals surface area contributed by atoms with E-state index in [0.29, 0.717) is 13.1 Å². The molecule has 2 unspecified atom stereocenters. The van der Waals surface area contributed by atoms with Gasteiger partial charge in [0.1, 0.15) is 24.5 Å². The van der Waals surface area contributed by atoms with Crippen molar-refractivity contribution < 1.29 is 19.4 Å². The average molecular weight is 691 g/mol. The zero-order valence-corrected chi connectivity index (χ0v) is 29.9. The van der Waals surface area contributed by atoms with E-state index in [-0.39, 0.29) is 30.4 Å². The van der Waals surface area contributed by atoms with Gasteiger partial charge in [0.25, 0.3) is 0 Å². The number of β-amino-alcohol motifs (C(OH)–C–C–N with tert-alkyl or cyclic N) is 1. The first kappa shape index (κ1) is 36.5. The van der Waals surface area contributed by atoms with Crippen LogP contribution in [0.15, 0.2) is 97.2 Å². The Bertz CT molecular complexity index is 1610. The lowest BCUT2D eigenvalue weighted by Crippen LogP contribution is -2.56. The Morgan fingerprint density at radius 2 is 1.49 bits per heavy atom. The molecule has 3 heterocycles. The predicted octanol–water partition coefficient (Wildman–Crippen LogP) is 6.60. The van der Waals surface area contributed by atoms with Gasteiger partial charge in [0.2, 0.25) is 11.8 Å². The molecule has 2 atom stereocenters. The number of amides is 2. The van der Waals surface area contributed by atoms with Crippen LogP contribution in [-0.2, 0) is 22.4 Å². The molecule has 2 aliphatic rings. The Hall–Kier alpha value is -4.27. The minimum atomic E-state index is -0.646. The van der Waals surface area contributed by atoms with Crippen LogP contribution in [0.4, 0.5) is 0 Å². The Morgan fingerprint density at radius 1 is 0.804 bits per heavy atom. The van der Waals surface area contributed by atoms with Gasteiger partial charge in [0.15, 0.2) is 0 Å². The van der Waals surface area contributed by atoms with Crippen molar-refractivity contribution >= 4 is 22.7 Å². The summed E-state index contributed by atoms with van der Waals surface area (Å²) in [6.07, 6.45) is 11.0. The quantitative estimate of drug-likeness (QED) is 0.138. The Kier molecular flexibility index (Phi) is 13.5. The molecular weight excluding hydrogens is 636 g/mol. The van der Waals surface area contributed by atoms with Gasteiger partial charge in [0, 0.05) is 36.6 Å². The van der Waals surface area contributed by atoms with E-state index in [0.717, 1.165) is 100 Å². The number of likely N-dealkylation sites (tertiary alicyclic amines) is 2. The van der Waals surface area contributed by atoms with E-state index in [1.807, 2.05) is 47.4 Å². The van der Waals surface area contributed by atoms with Crippen LogP contribution in [0.2, 0.25) is 0 Å². The number of rotatable bonds is 16. The molecule has 8 nitrogen and oxygen atoms in total. The van der Waals surface area contributed by atoms with E-state index >= 15 is 0 Å². The summed E-state index contributed by atoms with van der Waals surface area (Å²) in [4.78, 5) is 36.4. The summed E-state index contributed by atoms with van der Waals surface area (Å²) < 4.78 is 5.99. The van der Waals surface area contributed by atoms with Crippen molar-refractivity contribution in [2.75, 3.05) is 32.8 Å². The number of aliphatic hydroxyl groups is 1. The van der Waals surface area contributed by atoms with Crippen molar-refractivity contribution in [2.24, 2.45) is 5.92 Å². The average Bonchev–Trinajstić information content (AvgIpc) is 3.18. The Labute approximate surface area is 303 Å². The molecule has 51 heavy (non-hydrogen) atoms. The highest BCUT2D eigenvalue weighted by Crippen LogP contribution is 2.27. The highest BCUT2D eigenvalue weighted by atomic mass is 16.5. The molecule has 3 aromatic carbocycles. The van der Waals surface area contributed by atoms with Gasteiger partial charge in [0.05, 0.1) is 5.52 Å². The maximum atomic E-state index is 14.0. The van der Waals surface area contributed by atoms with E-state index in [4.69, 9.17) is 4.74 Å². The van der Waals surface area contributed by atoms with Gasteiger partial charge >= 0.3 is 0 Å². The van der Waals surface area contributed by atoms with Gasteiger partial charge in [-0.05, 0) is 119 Å². The number of nitrogens with one attached hydrogen (secondary N) is 1. The third-order valence-electron chi connectivity index (χ3n) is 10.6. The summed E-state index contributed by atoms with van der Waals surface area (Å²) in [6.45, 7) is 2.80. The van der Waals surface area contributed by atoms with Crippen LogP contribution in [0, 0.1) is 5.92 Å². The molecule has 1 aromatic heterocycles. The maximum absolute atomic E-state index is 14.0. The van der Waals surface area contributed by atoms with Crippen molar-refractivity contribution in [3.8, 4) is 5.75 Å². The molecule has 8 heteroatoms. The molecular formula is C43H54N4O4. The van der Waals surface area contributed by atoms with Gasteiger partial charge < -0.3 is 25.0 Å². The van der Waals surface area contributed by atoms with Gasteiger partial charge in [-0.3, -0.25) is 14.6 Å². The first-order chi connectivity index (χ1) is 25.0. The zero-order chi connectivity index (χ0) is 35.3. The number of carbonyl (C=O) groups excluding carboxylic acids is 2. The van der Waals surface area contributed by atoms with Crippen molar-refractivity contribution in [3.63, 3.8) is 0 Å². The molecule has 0 saturated carbocycles.